The van der Waals surface area contributed by atoms with E-state index in [-0.39, 0.29) is 21.6 Å². The summed E-state index contributed by atoms with van der Waals surface area (Å²) in [5.41, 5.74) is -5.59. The highest BCUT2D eigenvalue weighted by Gasteiger charge is 2.79. The summed E-state index contributed by atoms with van der Waals surface area (Å²) in [6.07, 6.45) is -0.558. The molecule has 1 aromatic carbocycles. The first-order valence-corrected chi connectivity index (χ1v) is 9.17. The summed E-state index contributed by atoms with van der Waals surface area (Å²) < 4.78 is 20.4. The molecule has 3 rings (SSSR count). The van der Waals surface area contributed by atoms with Crippen LogP contribution in [0.3, 0.4) is 0 Å². The first-order valence-electron chi connectivity index (χ1n) is 9.17. The van der Waals surface area contributed by atoms with E-state index in [0.717, 1.165) is 6.08 Å². The first kappa shape index (κ1) is 23.0. The van der Waals surface area contributed by atoms with Crippen LogP contribution in [0.15, 0.2) is 52.7 Å². The highest BCUT2D eigenvalue weighted by atomic mass is 19.2. The van der Waals surface area contributed by atoms with Crippen molar-refractivity contribution in [2.75, 3.05) is 13.2 Å². The zero-order valence-corrected chi connectivity index (χ0v) is 16.2. The quantitative estimate of drug-likeness (QED) is 0.221. The van der Waals surface area contributed by atoms with Gasteiger partial charge in [-0.15, -0.1) is 5.06 Å². The minimum absolute atomic E-state index is 0.0219. The highest BCUT2D eigenvalue weighted by Crippen LogP contribution is 2.50. The van der Waals surface area contributed by atoms with Crippen LogP contribution in [-0.4, -0.2) is 71.1 Å². The molecule has 2 heterocycles. The molecule has 31 heavy (non-hydrogen) atoms. The molecule has 0 bridgehead atoms. The molecule has 11 nitrogen and oxygen atoms in total. The molecule has 0 unspecified atom stereocenters. The van der Waals surface area contributed by atoms with Gasteiger partial charge < -0.3 is 30.4 Å². The number of hydroxylamine groups is 2. The number of rotatable bonds is 7. The molecule has 1 saturated heterocycles. The summed E-state index contributed by atoms with van der Waals surface area (Å²) in [5, 5.41) is 52.3. The second kappa shape index (κ2) is 8.09. The molecule has 0 aliphatic carbocycles. The average molecular weight is 439 g/mol. The maximum Gasteiger partial charge on any atom is 0.332 e. The fourth-order valence-electron chi connectivity index (χ4n) is 3.44. The number of nitrogens with zero attached hydrogens (tertiary/aromatic N) is 2. The number of aliphatic hydroxyl groups excluding tert-OH is 1. The summed E-state index contributed by atoms with van der Waals surface area (Å²) in [5.74, 6) is -7.44. The number of hydrogen-bond donors (Lipinski definition) is 6. The number of alkyl halides is 1. The molecule has 6 N–H and O–H groups in total. The molecule has 12 heteroatoms. The van der Waals surface area contributed by atoms with Gasteiger partial charge in [-0.1, -0.05) is 43.0 Å². The van der Waals surface area contributed by atoms with E-state index in [2.05, 4.69) is 6.58 Å². The number of ether oxygens (including phenoxy) is 1. The lowest BCUT2D eigenvalue weighted by Crippen LogP contribution is -2.72. The fraction of sp³-hybridized carbons (Fsp3) is 0.368. The predicted molar refractivity (Wildman–Crippen MR) is 103 cm³/mol. The minimum Gasteiger partial charge on any atom is -0.393 e. The van der Waals surface area contributed by atoms with Crippen molar-refractivity contribution in [2.24, 2.45) is 0 Å². The Morgan fingerprint density at radius 1 is 1.26 bits per heavy atom. The third-order valence-electron chi connectivity index (χ3n) is 5.19. The number of nitrogens with one attached hydrogen (secondary N) is 1. The third kappa shape index (κ3) is 3.43. The molecular weight excluding hydrogens is 417 g/mol. The molecule has 0 radical (unpaired) electrons. The molecule has 1 aliphatic heterocycles. The minimum atomic E-state index is -3.97. The molecule has 1 aliphatic rings. The van der Waals surface area contributed by atoms with Gasteiger partial charge in [0.1, 0.15) is 6.10 Å². The monoisotopic (exact) mass is 439 g/mol. The normalized spacial score (nSPS) is 30.6. The van der Waals surface area contributed by atoms with Gasteiger partial charge in [-0.2, -0.15) is 0 Å². The van der Waals surface area contributed by atoms with Crippen LogP contribution in [0, 0.1) is 0 Å². The van der Waals surface area contributed by atoms with E-state index in [1.807, 2.05) is 4.98 Å². The van der Waals surface area contributed by atoms with Crippen LogP contribution < -0.4 is 11.2 Å². The Morgan fingerprint density at radius 2 is 1.90 bits per heavy atom. The summed E-state index contributed by atoms with van der Waals surface area (Å²) in [7, 11) is 0. The largest absolute Gasteiger partial charge is 0.393 e. The Hall–Kier alpha value is -2.71. The standard InChI is InChI=1S/C19H22FN3O8/c1-2-13-10-22(16(26)21-15(13)25)19(29)18(28,17(20,27)14(11-24)31-19)23(30)9-8-12-6-4-3-5-7-12/h2-7,10,14,24,27-30H,1,8-9,11H2,(H,21,25,26)/t14-,17-,18-,19-/m1/s1. The van der Waals surface area contributed by atoms with E-state index in [9.17, 15) is 35.2 Å². The molecule has 1 aromatic heterocycles. The van der Waals surface area contributed by atoms with Crippen molar-refractivity contribution in [3.05, 3.63) is 75.1 Å². The van der Waals surface area contributed by atoms with Gasteiger partial charge in [0.05, 0.1) is 12.2 Å². The maximum absolute atomic E-state index is 15.3. The molecule has 0 saturated carbocycles. The Kier molecular flexibility index (Phi) is 5.99. The van der Waals surface area contributed by atoms with E-state index in [1.165, 1.54) is 0 Å². The van der Waals surface area contributed by atoms with Crippen LogP contribution in [0.25, 0.3) is 6.08 Å². The zero-order chi connectivity index (χ0) is 23.0. The summed E-state index contributed by atoms with van der Waals surface area (Å²) in [6.45, 7) is 1.58. The van der Waals surface area contributed by atoms with Crippen LogP contribution in [0.4, 0.5) is 4.39 Å². The van der Waals surface area contributed by atoms with E-state index in [1.54, 1.807) is 30.3 Å². The summed E-state index contributed by atoms with van der Waals surface area (Å²) in [6, 6.07) is 8.49. The zero-order valence-electron chi connectivity index (χ0n) is 16.2. The van der Waals surface area contributed by atoms with Crippen molar-refractivity contribution in [1.82, 2.24) is 14.6 Å². The molecule has 0 spiro atoms. The Morgan fingerprint density at radius 3 is 2.48 bits per heavy atom. The van der Waals surface area contributed by atoms with Crippen molar-refractivity contribution in [1.29, 1.82) is 0 Å². The van der Waals surface area contributed by atoms with Gasteiger partial charge in [0.2, 0.25) is 0 Å². The number of halogens is 1. The van der Waals surface area contributed by atoms with Crippen molar-refractivity contribution >= 4 is 6.08 Å². The van der Waals surface area contributed by atoms with Crippen LogP contribution in [0.1, 0.15) is 11.1 Å². The number of H-pyrrole nitrogens is 1. The van der Waals surface area contributed by atoms with Gasteiger partial charge >= 0.3 is 11.6 Å². The average Bonchev–Trinajstić information content (AvgIpc) is 2.91. The van der Waals surface area contributed by atoms with E-state index >= 15 is 4.39 Å². The molecule has 1 fully saturated rings. The lowest BCUT2D eigenvalue weighted by atomic mass is 9.97. The number of hydrogen-bond acceptors (Lipinski definition) is 9. The Bertz CT molecular complexity index is 1070. The lowest BCUT2D eigenvalue weighted by Gasteiger charge is -2.43. The lowest BCUT2D eigenvalue weighted by molar-refractivity contribution is -0.433. The molecular formula is C19H22FN3O8. The van der Waals surface area contributed by atoms with Crippen LogP contribution >= 0.6 is 0 Å². The molecule has 2 aromatic rings. The second-order valence-corrected chi connectivity index (χ2v) is 7.02. The summed E-state index contributed by atoms with van der Waals surface area (Å²) in [4.78, 5) is 26.0. The van der Waals surface area contributed by atoms with Crippen LogP contribution in [-0.2, 0) is 17.1 Å². The SMILES string of the molecule is C=Cc1cn([C@]2(O)O[C@H](CO)[C@](O)(F)[C@]2(O)N(O)CCc2ccccc2)c(=O)[nH]c1=O. The van der Waals surface area contributed by atoms with Gasteiger partial charge in [0, 0.05) is 12.7 Å². The van der Waals surface area contributed by atoms with E-state index < -0.39 is 48.0 Å². The second-order valence-electron chi connectivity index (χ2n) is 7.02. The Balaban J connectivity index is 2.12. The molecule has 4 atom stereocenters. The summed E-state index contributed by atoms with van der Waals surface area (Å²) >= 11 is 0. The highest BCUT2D eigenvalue weighted by molar-refractivity contribution is 5.43. The topological polar surface area (TPSA) is 168 Å². The van der Waals surface area contributed by atoms with Crippen molar-refractivity contribution in [3.63, 3.8) is 0 Å². The van der Waals surface area contributed by atoms with E-state index in [4.69, 9.17) is 4.74 Å². The van der Waals surface area contributed by atoms with Gasteiger partial charge in [0.15, 0.2) is 0 Å². The van der Waals surface area contributed by atoms with Crippen molar-refractivity contribution in [2.45, 2.75) is 30.0 Å². The number of benzene rings is 1. The van der Waals surface area contributed by atoms with Crippen LogP contribution in [0.5, 0.6) is 0 Å². The number of aromatic amines is 1. The predicted octanol–water partition coefficient (Wildman–Crippen LogP) is -1.55. The molecule has 168 valence electrons. The van der Waals surface area contributed by atoms with Crippen molar-refractivity contribution < 1.29 is 34.8 Å². The van der Waals surface area contributed by atoms with Gasteiger partial charge in [-0.3, -0.25) is 9.78 Å². The van der Waals surface area contributed by atoms with Crippen molar-refractivity contribution in [3.8, 4) is 0 Å². The van der Waals surface area contributed by atoms with E-state index in [0.29, 0.717) is 11.8 Å². The molecule has 0 amide bonds. The maximum atomic E-state index is 15.3. The number of aromatic nitrogens is 2. The van der Waals surface area contributed by atoms with Gasteiger partial charge in [-0.25, -0.2) is 13.8 Å². The third-order valence-corrected chi connectivity index (χ3v) is 5.19. The smallest absolute Gasteiger partial charge is 0.332 e. The first-order chi connectivity index (χ1) is 14.5. The van der Waals surface area contributed by atoms with Crippen LogP contribution in [0.2, 0.25) is 0 Å². The number of aliphatic hydroxyl groups is 4. The Labute approximate surface area is 174 Å². The van der Waals surface area contributed by atoms with Gasteiger partial charge in [0.25, 0.3) is 17.1 Å². The van der Waals surface area contributed by atoms with Gasteiger partial charge in [-0.05, 0) is 12.0 Å². The fourth-order valence-corrected chi connectivity index (χ4v) is 3.44.